The molecule has 1 heterocycles. The molecule has 0 unspecified atom stereocenters. The van der Waals surface area contributed by atoms with Gasteiger partial charge in [-0.1, -0.05) is 55.0 Å². The monoisotopic (exact) mass is 473 g/mol. The number of urea groups is 1. The molecule has 1 saturated carbocycles. The molecule has 184 valence electrons. The summed E-state index contributed by atoms with van der Waals surface area (Å²) in [5, 5.41) is 12.4. The predicted octanol–water partition coefficient (Wildman–Crippen LogP) is 4.60. The third kappa shape index (κ3) is 7.60. The number of amides is 2. The van der Waals surface area contributed by atoms with Crippen LogP contribution in [0, 0.1) is 17.8 Å². The van der Waals surface area contributed by atoms with Gasteiger partial charge in [-0.05, 0) is 61.4 Å². The fourth-order valence-corrected chi connectivity index (χ4v) is 4.99. The number of carboxylic acid groups (broad SMARTS) is 1. The first-order valence-electron chi connectivity index (χ1n) is 12.7. The molecule has 0 aromatic heterocycles. The van der Waals surface area contributed by atoms with Crippen LogP contribution in [0.25, 0.3) is 0 Å². The maximum Gasteiger partial charge on any atom is 0.335 e. The van der Waals surface area contributed by atoms with Gasteiger partial charge in [-0.3, -0.25) is 4.90 Å². The summed E-state index contributed by atoms with van der Waals surface area (Å²) in [6.45, 7) is 3.84. The van der Waals surface area contributed by atoms with Crippen LogP contribution in [0.4, 0.5) is 4.79 Å². The molecule has 6 heteroatoms. The van der Waals surface area contributed by atoms with Crippen LogP contribution in [-0.2, 0) is 6.54 Å². The van der Waals surface area contributed by atoms with Gasteiger partial charge >= 0.3 is 12.0 Å². The maximum atomic E-state index is 12.6. The van der Waals surface area contributed by atoms with E-state index in [0.29, 0.717) is 30.6 Å². The fourth-order valence-electron chi connectivity index (χ4n) is 4.99. The SMILES string of the molecule is O=C(O)c1ccc(CN(CC#Cc2ccccc2)CC2CCN(C(=O)NC3CCCC3)CC2)cc1. The number of carbonyl (C=O) groups is 2. The van der Waals surface area contributed by atoms with Gasteiger partial charge in [-0.25, -0.2) is 9.59 Å². The topological polar surface area (TPSA) is 72.9 Å². The van der Waals surface area contributed by atoms with Crippen molar-refractivity contribution in [3.63, 3.8) is 0 Å². The van der Waals surface area contributed by atoms with Gasteiger partial charge in [0.25, 0.3) is 0 Å². The van der Waals surface area contributed by atoms with Crippen molar-refractivity contribution in [1.82, 2.24) is 15.1 Å². The zero-order chi connectivity index (χ0) is 24.5. The van der Waals surface area contributed by atoms with E-state index in [1.54, 1.807) is 12.1 Å². The van der Waals surface area contributed by atoms with E-state index in [-0.39, 0.29) is 6.03 Å². The third-order valence-electron chi connectivity index (χ3n) is 7.02. The van der Waals surface area contributed by atoms with Crippen molar-refractivity contribution in [2.45, 2.75) is 51.1 Å². The van der Waals surface area contributed by atoms with E-state index in [2.05, 4.69) is 22.1 Å². The number of aromatic carboxylic acids is 1. The fraction of sp³-hybridized carbons (Fsp3) is 0.448. The van der Waals surface area contributed by atoms with Crippen LogP contribution in [0.5, 0.6) is 0 Å². The summed E-state index contributed by atoms with van der Waals surface area (Å²) in [6.07, 6.45) is 6.62. The minimum Gasteiger partial charge on any atom is -0.478 e. The number of piperidine rings is 1. The Balaban J connectivity index is 1.34. The summed E-state index contributed by atoms with van der Waals surface area (Å²) in [4.78, 5) is 28.1. The molecule has 2 amide bonds. The quantitative estimate of drug-likeness (QED) is 0.577. The van der Waals surface area contributed by atoms with E-state index in [0.717, 1.165) is 56.4 Å². The van der Waals surface area contributed by atoms with Gasteiger partial charge in [-0.2, -0.15) is 0 Å². The average molecular weight is 474 g/mol. The highest BCUT2D eigenvalue weighted by atomic mass is 16.4. The summed E-state index contributed by atoms with van der Waals surface area (Å²) < 4.78 is 0. The van der Waals surface area contributed by atoms with Crippen molar-refractivity contribution >= 4 is 12.0 Å². The molecule has 0 radical (unpaired) electrons. The molecule has 1 aliphatic carbocycles. The Morgan fingerprint density at radius 1 is 0.971 bits per heavy atom. The zero-order valence-corrected chi connectivity index (χ0v) is 20.3. The predicted molar refractivity (Wildman–Crippen MR) is 137 cm³/mol. The Hall–Kier alpha value is -3.30. The zero-order valence-electron chi connectivity index (χ0n) is 20.3. The number of rotatable bonds is 7. The number of carboxylic acids is 1. The summed E-state index contributed by atoms with van der Waals surface area (Å²) in [7, 11) is 0. The smallest absolute Gasteiger partial charge is 0.335 e. The number of hydrogen-bond donors (Lipinski definition) is 2. The highest BCUT2D eigenvalue weighted by Gasteiger charge is 2.26. The van der Waals surface area contributed by atoms with Crippen LogP contribution in [0.1, 0.15) is 60.0 Å². The molecule has 2 N–H and O–H groups in total. The standard InChI is InChI=1S/C29H35N3O3/c33-28(34)26-14-12-24(13-15-26)21-31(18-6-9-23-7-2-1-3-8-23)22-25-16-19-32(20-17-25)29(35)30-27-10-4-5-11-27/h1-3,7-8,12-15,25,27H,4-5,10-11,16-22H2,(H,30,35)(H,33,34). The Kier molecular flexibility index (Phi) is 8.80. The molecule has 35 heavy (non-hydrogen) atoms. The second-order valence-electron chi connectivity index (χ2n) is 9.70. The number of nitrogens with one attached hydrogen (secondary N) is 1. The Morgan fingerprint density at radius 3 is 2.31 bits per heavy atom. The molecule has 0 spiro atoms. The van der Waals surface area contributed by atoms with Gasteiger partial charge in [0, 0.05) is 37.8 Å². The summed E-state index contributed by atoms with van der Waals surface area (Å²) >= 11 is 0. The largest absolute Gasteiger partial charge is 0.478 e. The minimum absolute atomic E-state index is 0.0967. The van der Waals surface area contributed by atoms with Crippen molar-refractivity contribution in [3.8, 4) is 11.8 Å². The molecule has 0 atom stereocenters. The van der Waals surface area contributed by atoms with Crippen LogP contribution in [0.2, 0.25) is 0 Å². The summed E-state index contributed by atoms with van der Waals surface area (Å²) in [5.74, 6) is 6.15. The second kappa shape index (κ2) is 12.4. The average Bonchev–Trinajstić information content (AvgIpc) is 3.38. The number of nitrogens with zero attached hydrogens (tertiary/aromatic N) is 2. The maximum absolute atomic E-state index is 12.6. The van der Waals surface area contributed by atoms with Gasteiger partial charge < -0.3 is 15.3 Å². The van der Waals surface area contributed by atoms with Crippen LogP contribution in [0.3, 0.4) is 0 Å². The first kappa shape index (κ1) is 24.8. The Bertz CT molecular complexity index is 1030. The van der Waals surface area contributed by atoms with Crippen molar-refractivity contribution in [3.05, 3.63) is 71.3 Å². The summed E-state index contributed by atoms with van der Waals surface area (Å²) in [6, 6.07) is 17.5. The second-order valence-corrected chi connectivity index (χ2v) is 9.70. The molecule has 4 rings (SSSR count). The van der Waals surface area contributed by atoms with Crippen molar-refractivity contribution in [2.24, 2.45) is 5.92 Å². The summed E-state index contributed by atoms with van der Waals surface area (Å²) in [5.41, 5.74) is 2.37. The third-order valence-corrected chi connectivity index (χ3v) is 7.02. The van der Waals surface area contributed by atoms with E-state index in [1.165, 1.54) is 12.8 Å². The highest BCUT2D eigenvalue weighted by Crippen LogP contribution is 2.22. The van der Waals surface area contributed by atoms with Gasteiger partial charge in [0.1, 0.15) is 0 Å². The number of likely N-dealkylation sites (tertiary alicyclic amines) is 1. The van der Waals surface area contributed by atoms with Crippen molar-refractivity contribution < 1.29 is 14.7 Å². The van der Waals surface area contributed by atoms with Crippen LogP contribution >= 0.6 is 0 Å². The lowest BCUT2D eigenvalue weighted by Crippen LogP contribution is -2.48. The highest BCUT2D eigenvalue weighted by molar-refractivity contribution is 5.87. The lowest BCUT2D eigenvalue weighted by atomic mass is 9.96. The van der Waals surface area contributed by atoms with Crippen LogP contribution in [0.15, 0.2) is 54.6 Å². The van der Waals surface area contributed by atoms with Crippen LogP contribution in [-0.4, -0.2) is 59.1 Å². The van der Waals surface area contributed by atoms with Gasteiger partial charge in [0.2, 0.25) is 0 Å². The Morgan fingerprint density at radius 2 is 1.66 bits per heavy atom. The van der Waals surface area contributed by atoms with E-state index in [1.807, 2.05) is 47.4 Å². The number of benzene rings is 2. The molecular formula is C29H35N3O3. The van der Waals surface area contributed by atoms with Gasteiger partial charge in [0.05, 0.1) is 12.1 Å². The molecule has 1 saturated heterocycles. The first-order chi connectivity index (χ1) is 17.1. The molecular weight excluding hydrogens is 438 g/mol. The first-order valence-corrected chi connectivity index (χ1v) is 12.7. The van der Waals surface area contributed by atoms with Crippen molar-refractivity contribution in [1.29, 1.82) is 0 Å². The van der Waals surface area contributed by atoms with Gasteiger partial charge in [-0.15, -0.1) is 0 Å². The van der Waals surface area contributed by atoms with Crippen LogP contribution < -0.4 is 5.32 Å². The molecule has 2 aromatic rings. The lowest BCUT2D eigenvalue weighted by Gasteiger charge is -2.35. The Labute approximate surface area is 208 Å². The van der Waals surface area contributed by atoms with E-state index >= 15 is 0 Å². The molecule has 2 aliphatic rings. The molecule has 2 fully saturated rings. The van der Waals surface area contributed by atoms with E-state index < -0.39 is 5.97 Å². The molecule has 1 aliphatic heterocycles. The van der Waals surface area contributed by atoms with E-state index in [9.17, 15) is 14.7 Å². The number of carbonyl (C=O) groups excluding carboxylic acids is 1. The van der Waals surface area contributed by atoms with Gasteiger partial charge in [0.15, 0.2) is 0 Å². The molecule has 0 bridgehead atoms. The minimum atomic E-state index is -0.911. The normalized spacial score (nSPS) is 16.7. The van der Waals surface area contributed by atoms with Crippen molar-refractivity contribution in [2.75, 3.05) is 26.2 Å². The molecule has 6 nitrogen and oxygen atoms in total. The number of hydrogen-bond acceptors (Lipinski definition) is 3. The van der Waals surface area contributed by atoms with E-state index in [4.69, 9.17) is 0 Å². The lowest BCUT2D eigenvalue weighted by molar-refractivity contribution is 0.0697. The molecule has 2 aromatic carbocycles.